The van der Waals surface area contributed by atoms with Gasteiger partial charge in [-0.2, -0.15) is 0 Å². The molecule has 1 fully saturated rings. The average Bonchev–Trinajstić information content (AvgIpc) is 2.61. The topological polar surface area (TPSA) is 59.1 Å². The van der Waals surface area contributed by atoms with E-state index in [1.165, 1.54) is 6.07 Å². The fourth-order valence-corrected chi connectivity index (χ4v) is 3.37. The number of ether oxygens (including phenoxy) is 2. The molecule has 1 heterocycles. The second-order valence-corrected chi connectivity index (χ2v) is 8.92. The van der Waals surface area contributed by atoms with Crippen molar-refractivity contribution < 1.29 is 23.5 Å². The summed E-state index contributed by atoms with van der Waals surface area (Å²) < 4.78 is 25.4. The summed E-state index contributed by atoms with van der Waals surface area (Å²) in [6.45, 7) is 7.44. The SMILES string of the molecule is CN1CCN(C(=O)OC(C)(C)C)CC1CCOc1c(C=O)cc(Cl)c(Br)c1F. The highest BCUT2D eigenvalue weighted by Gasteiger charge is 2.30. The first-order chi connectivity index (χ1) is 13.0. The van der Waals surface area contributed by atoms with Crippen molar-refractivity contribution in [3.63, 3.8) is 0 Å². The van der Waals surface area contributed by atoms with Gasteiger partial charge < -0.3 is 14.4 Å². The predicted octanol–water partition coefficient (Wildman–Crippen LogP) is 4.37. The largest absolute Gasteiger partial charge is 0.490 e. The van der Waals surface area contributed by atoms with E-state index in [2.05, 4.69) is 20.8 Å². The van der Waals surface area contributed by atoms with E-state index in [9.17, 15) is 14.0 Å². The third-order valence-electron chi connectivity index (χ3n) is 4.40. The van der Waals surface area contributed by atoms with Gasteiger partial charge in [0.25, 0.3) is 0 Å². The second kappa shape index (κ2) is 9.41. The highest BCUT2D eigenvalue weighted by atomic mass is 79.9. The summed E-state index contributed by atoms with van der Waals surface area (Å²) in [4.78, 5) is 27.3. The van der Waals surface area contributed by atoms with E-state index >= 15 is 0 Å². The van der Waals surface area contributed by atoms with E-state index < -0.39 is 11.4 Å². The molecule has 1 aliphatic heterocycles. The molecule has 1 unspecified atom stereocenters. The van der Waals surface area contributed by atoms with Gasteiger partial charge in [-0.25, -0.2) is 9.18 Å². The van der Waals surface area contributed by atoms with Crippen molar-refractivity contribution in [1.82, 2.24) is 9.80 Å². The molecule has 2 rings (SSSR count). The van der Waals surface area contributed by atoms with Crippen LogP contribution in [0.1, 0.15) is 37.6 Å². The molecular formula is C19H25BrClFN2O4. The average molecular weight is 480 g/mol. The third kappa shape index (κ3) is 5.81. The van der Waals surface area contributed by atoms with Gasteiger partial charge in [0.1, 0.15) is 5.60 Å². The van der Waals surface area contributed by atoms with Crippen LogP contribution in [-0.2, 0) is 4.74 Å². The molecule has 0 N–H and O–H groups in total. The van der Waals surface area contributed by atoms with E-state index in [0.717, 1.165) is 0 Å². The first-order valence-electron chi connectivity index (χ1n) is 8.97. The van der Waals surface area contributed by atoms with Crippen LogP contribution in [0.4, 0.5) is 9.18 Å². The Bertz CT molecular complexity index is 742. The number of amides is 1. The Morgan fingerprint density at radius 3 is 2.71 bits per heavy atom. The van der Waals surface area contributed by atoms with E-state index in [-0.39, 0.29) is 39.6 Å². The summed E-state index contributed by atoms with van der Waals surface area (Å²) in [6.07, 6.45) is 0.712. The Hall–Kier alpha value is -1.38. The number of hydrogen-bond acceptors (Lipinski definition) is 5. The number of carbonyl (C=O) groups excluding carboxylic acids is 2. The zero-order valence-electron chi connectivity index (χ0n) is 16.4. The van der Waals surface area contributed by atoms with E-state index in [0.29, 0.717) is 32.3 Å². The van der Waals surface area contributed by atoms with E-state index in [4.69, 9.17) is 21.1 Å². The van der Waals surface area contributed by atoms with Crippen LogP contribution in [0.2, 0.25) is 5.02 Å². The van der Waals surface area contributed by atoms with Crippen molar-refractivity contribution >= 4 is 39.9 Å². The molecule has 0 radical (unpaired) electrons. The molecule has 28 heavy (non-hydrogen) atoms. The van der Waals surface area contributed by atoms with Gasteiger partial charge in [-0.3, -0.25) is 9.69 Å². The Kier molecular flexibility index (Phi) is 7.70. The molecule has 9 heteroatoms. The third-order valence-corrected chi connectivity index (χ3v) is 5.70. The summed E-state index contributed by atoms with van der Waals surface area (Å²) in [5.74, 6) is -0.837. The number of carbonyl (C=O) groups is 2. The van der Waals surface area contributed by atoms with Crippen molar-refractivity contribution in [2.24, 2.45) is 0 Å². The summed E-state index contributed by atoms with van der Waals surface area (Å²) in [6, 6.07) is 1.38. The van der Waals surface area contributed by atoms with Gasteiger partial charge in [0.05, 0.1) is 21.7 Å². The van der Waals surface area contributed by atoms with E-state index in [1.54, 1.807) is 4.90 Å². The smallest absolute Gasteiger partial charge is 0.410 e. The highest BCUT2D eigenvalue weighted by Crippen LogP contribution is 2.34. The molecule has 0 aliphatic carbocycles. The van der Waals surface area contributed by atoms with Crippen LogP contribution in [0.5, 0.6) is 5.75 Å². The molecule has 1 aromatic rings. The molecule has 1 aromatic carbocycles. The minimum absolute atomic E-state index is 0.0275. The van der Waals surface area contributed by atoms with Gasteiger partial charge in [0.15, 0.2) is 17.9 Å². The zero-order chi connectivity index (χ0) is 21.1. The standard InChI is InChI=1S/C19H25BrClFN2O4/c1-19(2,3)28-18(26)24-7-6-23(4)13(10-24)5-8-27-17-12(11-25)9-14(21)15(20)16(17)22/h9,11,13H,5-8,10H2,1-4H3. The van der Waals surface area contributed by atoms with Crippen molar-refractivity contribution in [2.75, 3.05) is 33.3 Å². The summed E-state index contributed by atoms with van der Waals surface area (Å²) >= 11 is 8.93. The van der Waals surface area contributed by atoms with Gasteiger partial charge in [0, 0.05) is 25.7 Å². The molecule has 1 aliphatic rings. The summed E-state index contributed by atoms with van der Waals surface area (Å²) in [5.41, 5.74) is -0.498. The Labute approximate surface area is 178 Å². The van der Waals surface area contributed by atoms with Gasteiger partial charge in [-0.15, -0.1) is 0 Å². The van der Waals surface area contributed by atoms with Crippen LogP contribution >= 0.6 is 27.5 Å². The van der Waals surface area contributed by atoms with Crippen molar-refractivity contribution in [3.8, 4) is 5.75 Å². The fourth-order valence-electron chi connectivity index (χ4n) is 2.88. The molecule has 0 aromatic heterocycles. The van der Waals surface area contributed by atoms with Gasteiger partial charge in [0.2, 0.25) is 0 Å². The lowest BCUT2D eigenvalue weighted by Crippen LogP contribution is -2.54. The maximum atomic E-state index is 14.4. The molecule has 156 valence electrons. The summed E-state index contributed by atoms with van der Waals surface area (Å²) in [5, 5.41) is 0.104. The number of aldehydes is 1. The number of likely N-dealkylation sites (N-methyl/N-ethyl adjacent to an activating group) is 1. The number of hydrogen-bond donors (Lipinski definition) is 0. The number of halogens is 3. The molecule has 0 saturated carbocycles. The quantitative estimate of drug-likeness (QED) is 0.463. The first kappa shape index (κ1) is 22.9. The molecule has 0 spiro atoms. The van der Waals surface area contributed by atoms with Crippen molar-refractivity contribution in [1.29, 1.82) is 0 Å². The Morgan fingerprint density at radius 1 is 1.43 bits per heavy atom. The fraction of sp³-hybridized carbons (Fsp3) is 0.579. The van der Waals surface area contributed by atoms with E-state index in [1.807, 2.05) is 27.8 Å². The van der Waals surface area contributed by atoms with Crippen molar-refractivity contribution in [3.05, 3.63) is 26.9 Å². The lowest BCUT2D eigenvalue weighted by molar-refractivity contribution is 0.00543. The minimum atomic E-state index is -0.706. The number of piperazine rings is 1. The van der Waals surface area contributed by atoms with Crippen LogP contribution in [0.15, 0.2) is 10.5 Å². The Morgan fingerprint density at radius 2 is 2.11 bits per heavy atom. The number of rotatable bonds is 5. The monoisotopic (exact) mass is 478 g/mol. The van der Waals surface area contributed by atoms with Crippen LogP contribution in [0, 0.1) is 5.82 Å². The van der Waals surface area contributed by atoms with Gasteiger partial charge in [-0.1, -0.05) is 11.6 Å². The number of benzene rings is 1. The lowest BCUT2D eigenvalue weighted by atomic mass is 10.1. The first-order valence-corrected chi connectivity index (χ1v) is 10.1. The minimum Gasteiger partial charge on any atom is -0.490 e. The van der Waals surface area contributed by atoms with Crippen LogP contribution in [0.25, 0.3) is 0 Å². The lowest BCUT2D eigenvalue weighted by Gasteiger charge is -2.39. The van der Waals surface area contributed by atoms with Gasteiger partial charge in [-0.05, 0) is 56.2 Å². The van der Waals surface area contributed by atoms with Crippen LogP contribution < -0.4 is 4.74 Å². The normalized spacial score (nSPS) is 18.1. The van der Waals surface area contributed by atoms with Crippen LogP contribution in [0.3, 0.4) is 0 Å². The predicted molar refractivity (Wildman–Crippen MR) is 109 cm³/mol. The maximum absolute atomic E-state index is 14.4. The Balaban J connectivity index is 1.99. The summed E-state index contributed by atoms with van der Waals surface area (Å²) in [7, 11) is 1.97. The molecule has 6 nitrogen and oxygen atoms in total. The van der Waals surface area contributed by atoms with Crippen molar-refractivity contribution in [2.45, 2.75) is 38.8 Å². The zero-order valence-corrected chi connectivity index (χ0v) is 18.8. The molecule has 1 atom stereocenters. The second-order valence-electron chi connectivity index (χ2n) is 7.72. The molecule has 1 saturated heterocycles. The molecule has 1 amide bonds. The van der Waals surface area contributed by atoms with Gasteiger partial charge >= 0.3 is 6.09 Å². The molecule has 0 bridgehead atoms. The molecular weight excluding hydrogens is 455 g/mol. The maximum Gasteiger partial charge on any atom is 0.410 e. The van der Waals surface area contributed by atoms with Crippen LogP contribution in [-0.4, -0.2) is 67.1 Å². The highest BCUT2D eigenvalue weighted by molar-refractivity contribution is 9.10. The number of nitrogens with zero attached hydrogens (tertiary/aromatic N) is 2.